The minimum Gasteiger partial charge on any atom is -0.467 e. The molecular formula is C10H12N4O5. The zero-order chi connectivity index (χ0) is 13.8. The molecule has 1 saturated heterocycles. The molecule has 2 heterocycles. The maximum Gasteiger partial charge on any atom is 0.331 e. The number of rotatable bonds is 3. The molecule has 0 N–H and O–H groups in total. The Balaban J connectivity index is 2.22. The van der Waals surface area contributed by atoms with Gasteiger partial charge < -0.3 is 14.4 Å². The summed E-state index contributed by atoms with van der Waals surface area (Å²) in [4.78, 5) is 31.0. The largest absolute Gasteiger partial charge is 0.467 e. The molecule has 1 aromatic heterocycles. The van der Waals surface area contributed by atoms with Crippen LogP contribution in [0.3, 0.4) is 0 Å². The van der Waals surface area contributed by atoms with Crippen molar-refractivity contribution in [3.8, 4) is 0 Å². The highest BCUT2D eigenvalue weighted by atomic mass is 16.6. The first kappa shape index (κ1) is 13.1. The van der Waals surface area contributed by atoms with Gasteiger partial charge in [0, 0.05) is 6.54 Å². The number of morpholine rings is 1. The summed E-state index contributed by atoms with van der Waals surface area (Å²) in [7, 11) is 1.28. The van der Waals surface area contributed by atoms with E-state index in [0.717, 1.165) is 12.4 Å². The average molecular weight is 268 g/mol. The number of anilines is 1. The topological polar surface area (TPSA) is 108 Å². The van der Waals surface area contributed by atoms with Gasteiger partial charge in [-0.2, -0.15) is 0 Å². The highest BCUT2D eigenvalue weighted by molar-refractivity contribution is 5.79. The van der Waals surface area contributed by atoms with Crippen LogP contribution in [0, 0.1) is 10.1 Å². The SMILES string of the molecule is COC(=O)C1COCCN1c1ncc([N+](=O)[O-])cn1. The van der Waals surface area contributed by atoms with E-state index in [9.17, 15) is 14.9 Å². The highest BCUT2D eigenvalue weighted by Crippen LogP contribution is 2.17. The summed E-state index contributed by atoms with van der Waals surface area (Å²) in [6.45, 7) is 1.01. The van der Waals surface area contributed by atoms with E-state index in [-0.39, 0.29) is 18.2 Å². The molecule has 1 unspecified atom stereocenters. The number of carbonyl (C=O) groups is 1. The van der Waals surface area contributed by atoms with Gasteiger partial charge in [0.25, 0.3) is 0 Å². The van der Waals surface area contributed by atoms with Crippen molar-refractivity contribution < 1.29 is 19.2 Å². The van der Waals surface area contributed by atoms with Gasteiger partial charge in [-0.1, -0.05) is 0 Å². The Hall–Kier alpha value is -2.29. The van der Waals surface area contributed by atoms with Gasteiger partial charge in [-0.3, -0.25) is 10.1 Å². The van der Waals surface area contributed by atoms with Gasteiger partial charge in [-0.05, 0) is 0 Å². The molecule has 1 aliphatic heterocycles. The molecule has 1 aliphatic rings. The third-order valence-electron chi connectivity index (χ3n) is 2.69. The second kappa shape index (κ2) is 5.57. The molecular weight excluding hydrogens is 256 g/mol. The second-order valence-electron chi connectivity index (χ2n) is 3.81. The molecule has 0 radical (unpaired) electrons. The maximum absolute atomic E-state index is 11.6. The van der Waals surface area contributed by atoms with E-state index < -0.39 is 16.9 Å². The Bertz CT molecular complexity index is 477. The number of nitrogens with zero attached hydrogens (tertiary/aromatic N) is 4. The number of hydrogen-bond donors (Lipinski definition) is 0. The molecule has 102 valence electrons. The molecule has 9 nitrogen and oxygen atoms in total. The van der Waals surface area contributed by atoms with Crippen molar-refractivity contribution in [2.45, 2.75) is 6.04 Å². The molecule has 1 atom stereocenters. The summed E-state index contributed by atoms with van der Waals surface area (Å²) in [5.74, 6) is -0.217. The van der Waals surface area contributed by atoms with Crippen LogP contribution in [0.4, 0.5) is 11.6 Å². The van der Waals surface area contributed by atoms with Crippen LogP contribution in [0.15, 0.2) is 12.4 Å². The molecule has 0 amide bonds. The lowest BCUT2D eigenvalue weighted by Gasteiger charge is -2.33. The first-order valence-electron chi connectivity index (χ1n) is 5.52. The van der Waals surface area contributed by atoms with Crippen LogP contribution in [0.25, 0.3) is 0 Å². The van der Waals surface area contributed by atoms with Crippen LogP contribution >= 0.6 is 0 Å². The standard InChI is InChI=1S/C10H12N4O5/c1-18-9(15)8-6-19-3-2-13(8)10-11-4-7(5-12-10)14(16)17/h4-5,8H,2-3,6H2,1H3. The second-order valence-corrected chi connectivity index (χ2v) is 3.81. The zero-order valence-electron chi connectivity index (χ0n) is 10.2. The fourth-order valence-electron chi connectivity index (χ4n) is 1.73. The summed E-state index contributed by atoms with van der Waals surface area (Å²) in [5, 5.41) is 10.5. The van der Waals surface area contributed by atoms with Gasteiger partial charge in [0.1, 0.15) is 12.4 Å². The predicted molar refractivity (Wildman–Crippen MR) is 62.7 cm³/mol. The van der Waals surface area contributed by atoms with E-state index in [1.807, 2.05) is 0 Å². The monoisotopic (exact) mass is 268 g/mol. The average Bonchev–Trinajstić information content (AvgIpc) is 2.46. The summed E-state index contributed by atoms with van der Waals surface area (Å²) in [6, 6.07) is -0.639. The Kier molecular flexibility index (Phi) is 3.85. The van der Waals surface area contributed by atoms with Crippen molar-refractivity contribution in [2.75, 3.05) is 31.8 Å². The number of ether oxygens (including phenoxy) is 2. The Morgan fingerprint density at radius 3 is 2.84 bits per heavy atom. The Labute approximate surface area is 108 Å². The van der Waals surface area contributed by atoms with Gasteiger partial charge in [-0.25, -0.2) is 14.8 Å². The molecule has 0 saturated carbocycles. The van der Waals surface area contributed by atoms with Crippen molar-refractivity contribution >= 4 is 17.6 Å². The van der Waals surface area contributed by atoms with Crippen LogP contribution in [-0.2, 0) is 14.3 Å². The number of aromatic nitrogens is 2. The fourth-order valence-corrected chi connectivity index (χ4v) is 1.73. The third kappa shape index (κ3) is 2.76. The lowest BCUT2D eigenvalue weighted by Crippen LogP contribution is -2.51. The van der Waals surface area contributed by atoms with Crippen LogP contribution in [0.2, 0.25) is 0 Å². The summed E-state index contributed by atoms with van der Waals surface area (Å²) in [6.07, 6.45) is 2.21. The van der Waals surface area contributed by atoms with Crippen LogP contribution < -0.4 is 4.90 Å². The molecule has 0 aromatic carbocycles. The van der Waals surface area contributed by atoms with Crippen molar-refractivity contribution in [2.24, 2.45) is 0 Å². The number of esters is 1. The van der Waals surface area contributed by atoms with E-state index in [4.69, 9.17) is 4.74 Å². The molecule has 0 aliphatic carbocycles. The molecule has 1 aromatic rings. The normalized spacial score (nSPS) is 19.0. The lowest BCUT2D eigenvalue weighted by molar-refractivity contribution is -0.385. The van der Waals surface area contributed by atoms with Crippen molar-refractivity contribution in [3.63, 3.8) is 0 Å². The van der Waals surface area contributed by atoms with E-state index >= 15 is 0 Å². The minimum atomic E-state index is -0.639. The van der Waals surface area contributed by atoms with Gasteiger partial charge >= 0.3 is 11.7 Å². The number of nitro groups is 1. The number of methoxy groups -OCH3 is 1. The Morgan fingerprint density at radius 2 is 2.26 bits per heavy atom. The molecule has 19 heavy (non-hydrogen) atoms. The van der Waals surface area contributed by atoms with Gasteiger partial charge in [0.05, 0.1) is 25.2 Å². The smallest absolute Gasteiger partial charge is 0.331 e. The van der Waals surface area contributed by atoms with Crippen molar-refractivity contribution in [3.05, 3.63) is 22.5 Å². The third-order valence-corrected chi connectivity index (χ3v) is 2.69. The Morgan fingerprint density at radius 1 is 1.58 bits per heavy atom. The van der Waals surface area contributed by atoms with Gasteiger partial charge in [0.2, 0.25) is 5.95 Å². The van der Waals surface area contributed by atoms with E-state index in [1.54, 1.807) is 4.90 Å². The van der Waals surface area contributed by atoms with Gasteiger partial charge in [0.15, 0.2) is 6.04 Å². The first-order chi connectivity index (χ1) is 9.13. The molecule has 2 rings (SSSR count). The molecule has 0 spiro atoms. The van der Waals surface area contributed by atoms with Gasteiger partial charge in [-0.15, -0.1) is 0 Å². The zero-order valence-corrected chi connectivity index (χ0v) is 10.2. The quantitative estimate of drug-likeness (QED) is 0.420. The van der Waals surface area contributed by atoms with Crippen molar-refractivity contribution in [1.29, 1.82) is 0 Å². The van der Waals surface area contributed by atoms with Crippen LogP contribution in [0.5, 0.6) is 0 Å². The van der Waals surface area contributed by atoms with Crippen LogP contribution in [-0.4, -0.2) is 53.8 Å². The number of hydrogen-bond acceptors (Lipinski definition) is 8. The van der Waals surface area contributed by atoms with E-state index in [0.29, 0.717) is 13.2 Å². The minimum absolute atomic E-state index is 0.174. The fraction of sp³-hybridized carbons (Fsp3) is 0.500. The molecule has 9 heteroatoms. The van der Waals surface area contributed by atoms with Crippen LogP contribution in [0.1, 0.15) is 0 Å². The maximum atomic E-state index is 11.6. The predicted octanol–water partition coefficient (Wildman–Crippen LogP) is -0.237. The highest BCUT2D eigenvalue weighted by Gasteiger charge is 2.32. The summed E-state index contributed by atoms with van der Waals surface area (Å²) < 4.78 is 9.89. The molecule has 0 bridgehead atoms. The van der Waals surface area contributed by atoms with Crippen molar-refractivity contribution in [1.82, 2.24) is 9.97 Å². The first-order valence-corrected chi connectivity index (χ1v) is 5.52. The van der Waals surface area contributed by atoms with E-state index in [1.165, 1.54) is 7.11 Å². The van der Waals surface area contributed by atoms with E-state index in [2.05, 4.69) is 14.7 Å². The number of carbonyl (C=O) groups excluding carboxylic acids is 1. The summed E-state index contributed by atoms with van der Waals surface area (Å²) in [5.41, 5.74) is -0.202. The lowest BCUT2D eigenvalue weighted by atomic mass is 10.2. The molecule has 1 fully saturated rings. The summed E-state index contributed by atoms with van der Waals surface area (Å²) >= 11 is 0.